The number of benzene rings is 1. The number of H-pyrrole nitrogens is 1. The first-order valence-electron chi connectivity index (χ1n) is 8.09. The van der Waals surface area contributed by atoms with Gasteiger partial charge in [-0.15, -0.1) is 0 Å². The van der Waals surface area contributed by atoms with E-state index in [4.69, 9.17) is 4.42 Å². The Hall–Kier alpha value is -3.06. The van der Waals surface area contributed by atoms with Gasteiger partial charge in [-0.3, -0.25) is 19.2 Å². The smallest absolute Gasteiger partial charge is 0.330 e. The van der Waals surface area contributed by atoms with Gasteiger partial charge >= 0.3 is 5.69 Å². The minimum absolute atomic E-state index is 0.346. The third-order valence-corrected chi connectivity index (χ3v) is 4.29. The van der Waals surface area contributed by atoms with Crippen molar-refractivity contribution >= 4 is 5.82 Å². The molecule has 128 valence electrons. The molecule has 0 radical (unpaired) electrons. The Balaban J connectivity index is 1.65. The van der Waals surface area contributed by atoms with Gasteiger partial charge in [0.25, 0.3) is 5.56 Å². The summed E-state index contributed by atoms with van der Waals surface area (Å²) < 4.78 is 6.95. The van der Waals surface area contributed by atoms with Crippen molar-refractivity contribution in [1.82, 2.24) is 14.5 Å². The fraction of sp³-hybridized carbons (Fsp3) is 0.222. The molecule has 0 amide bonds. The molecule has 0 unspecified atom stereocenters. The zero-order valence-electron chi connectivity index (χ0n) is 13.6. The van der Waals surface area contributed by atoms with Gasteiger partial charge in [-0.25, -0.2) is 4.79 Å². The molecule has 4 rings (SSSR count). The lowest BCUT2D eigenvalue weighted by atomic mass is 10.2. The van der Waals surface area contributed by atoms with Crippen LogP contribution in [0.1, 0.15) is 16.9 Å². The topological polar surface area (TPSA) is 83.3 Å². The van der Waals surface area contributed by atoms with E-state index in [0.717, 1.165) is 11.3 Å². The summed E-state index contributed by atoms with van der Waals surface area (Å²) in [6, 6.07) is 13.4. The van der Waals surface area contributed by atoms with Crippen molar-refractivity contribution in [3.8, 4) is 0 Å². The predicted molar refractivity (Wildman–Crippen MR) is 93.3 cm³/mol. The molecule has 0 spiro atoms. The Kier molecular flexibility index (Phi) is 3.99. The van der Waals surface area contributed by atoms with Crippen molar-refractivity contribution in [3.05, 3.63) is 86.5 Å². The fourth-order valence-corrected chi connectivity index (χ4v) is 3.08. The van der Waals surface area contributed by atoms with Gasteiger partial charge in [-0.05, 0) is 17.7 Å². The van der Waals surface area contributed by atoms with Crippen LogP contribution in [0, 0.1) is 0 Å². The van der Waals surface area contributed by atoms with Crippen LogP contribution in [0.2, 0.25) is 0 Å². The molecular formula is C18H18N4O3. The van der Waals surface area contributed by atoms with Crippen molar-refractivity contribution in [2.45, 2.75) is 19.6 Å². The van der Waals surface area contributed by atoms with E-state index in [0.29, 0.717) is 37.7 Å². The number of hydrogen-bond acceptors (Lipinski definition) is 5. The molecule has 1 aliphatic heterocycles. The van der Waals surface area contributed by atoms with E-state index in [1.807, 2.05) is 47.4 Å². The molecule has 0 fully saturated rings. The van der Waals surface area contributed by atoms with Crippen LogP contribution >= 0.6 is 0 Å². The minimum Gasteiger partial charge on any atom is -0.468 e. The van der Waals surface area contributed by atoms with Gasteiger partial charge in [-0.2, -0.15) is 0 Å². The lowest BCUT2D eigenvalue weighted by Crippen LogP contribution is -2.43. The predicted octanol–water partition coefficient (Wildman–Crippen LogP) is 1.56. The highest BCUT2D eigenvalue weighted by Gasteiger charge is 2.23. The molecule has 0 bridgehead atoms. The van der Waals surface area contributed by atoms with E-state index in [-0.39, 0.29) is 5.56 Å². The lowest BCUT2D eigenvalue weighted by Gasteiger charge is -2.30. The Bertz CT molecular complexity index is 974. The second-order valence-corrected chi connectivity index (χ2v) is 6.06. The molecular weight excluding hydrogens is 320 g/mol. The monoisotopic (exact) mass is 338 g/mol. The average molecular weight is 338 g/mol. The van der Waals surface area contributed by atoms with Crippen molar-refractivity contribution in [1.29, 1.82) is 0 Å². The van der Waals surface area contributed by atoms with Gasteiger partial charge < -0.3 is 9.73 Å². The third-order valence-electron chi connectivity index (χ3n) is 4.29. The quantitative estimate of drug-likeness (QED) is 0.754. The fourth-order valence-electron chi connectivity index (χ4n) is 3.08. The highest BCUT2D eigenvalue weighted by atomic mass is 16.3. The molecule has 25 heavy (non-hydrogen) atoms. The summed E-state index contributed by atoms with van der Waals surface area (Å²) in [5, 5.41) is 3.22. The second-order valence-electron chi connectivity index (χ2n) is 6.06. The molecule has 7 heteroatoms. The maximum atomic E-state index is 12.3. The highest BCUT2D eigenvalue weighted by molar-refractivity contribution is 5.46. The van der Waals surface area contributed by atoms with Crippen molar-refractivity contribution in [2.24, 2.45) is 0 Å². The van der Waals surface area contributed by atoms with Crippen LogP contribution in [-0.2, 0) is 19.6 Å². The molecule has 0 saturated carbocycles. The lowest BCUT2D eigenvalue weighted by molar-refractivity contribution is 0.240. The van der Waals surface area contributed by atoms with Crippen LogP contribution in [0.25, 0.3) is 0 Å². The zero-order valence-corrected chi connectivity index (χ0v) is 13.6. The number of aromatic amines is 1. The second kappa shape index (κ2) is 6.45. The number of furan rings is 1. The SMILES string of the molecule is O=c1[nH]c(=O)n(Cc2ccccc2)c2c1CN(Cc1ccco1)CN2. The third kappa shape index (κ3) is 3.14. The molecule has 1 aromatic carbocycles. The standard InChI is InChI=1S/C18H18N4O3/c23-17-15-11-21(10-14-7-4-8-25-14)12-19-16(15)22(18(24)20-17)9-13-5-2-1-3-6-13/h1-8,19H,9-12H2,(H,20,23,24). The van der Waals surface area contributed by atoms with Crippen LogP contribution < -0.4 is 16.6 Å². The number of nitrogens with one attached hydrogen (secondary N) is 2. The van der Waals surface area contributed by atoms with Gasteiger partial charge in [0.15, 0.2) is 0 Å². The van der Waals surface area contributed by atoms with E-state index in [2.05, 4.69) is 10.3 Å². The van der Waals surface area contributed by atoms with Gasteiger partial charge in [0, 0.05) is 6.54 Å². The van der Waals surface area contributed by atoms with E-state index in [9.17, 15) is 9.59 Å². The number of hydrogen-bond donors (Lipinski definition) is 2. The van der Waals surface area contributed by atoms with Gasteiger partial charge in [0.05, 0.1) is 31.6 Å². The van der Waals surface area contributed by atoms with Crippen molar-refractivity contribution in [3.63, 3.8) is 0 Å². The normalized spacial score (nSPS) is 14.1. The molecule has 2 N–H and O–H groups in total. The minimum atomic E-state index is -0.403. The number of nitrogens with zero attached hydrogens (tertiary/aromatic N) is 2. The summed E-state index contributed by atoms with van der Waals surface area (Å²) in [6.45, 7) is 1.99. The van der Waals surface area contributed by atoms with Crippen LogP contribution in [0.4, 0.5) is 5.82 Å². The zero-order chi connectivity index (χ0) is 17.2. The highest BCUT2D eigenvalue weighted by Crippen LogP contribution is 2.20. The number of fused-ring (bicyclic) bond motifs is 1. The van der Waals surface area contributed by atoms with Gasteiger partial charge in [0.1, 0.15) is 11.6 Å². The summed E-state index contributed by atoms with van der Waals surface area (Å²) >= 11 is 0. The van der Waals surface area contributed by atoms with E-state index in [1.165, 1.54) is 0 Å². The number of aromatic nitrogens is 2. The first kappa shape index (κ1) is 15.5. The molecule has 0 aliphatic carbocycles. The molecule has 7 nitrogen and oxygen atoms in total. The van der Waals surface area contributed by atoms with Crippen molar-refractivity contribution in [2.75, 3.05) is 12.0 Å². The maximum absolute atomic E-state index is 12.3. The summed E-state index contributed by atoms with van der Waals surface area (Å²) in [7, 11) is 0. The van der Waals surface area contributed by atoms with Crippen molar-refractivity contribution < 1.29 is 4.42 Å². The molecule has 3 heterocycles. The summed E-state index contributed by atoms with van der Waals surface area (Å²) in [5.41, 5.74) is 0.813. The van der Waals surface area contributed by atoms with E-state index < -0.39 is 5.69 Å². The average Bonchev–Trinajstić information content (AvgIpc) is 3.13. The Labute approximate surface area is 143 Å². The largest absolute Gasteiger partial charge is 0.468 e. The van der Waals surface area contributed by atoms with Gasteiger partial charge in [0.2, 0.25) is 0 Å². The number of rotatable bonds is 4. The van der Waals surface area contributed by atoms with E-state index >= 15 is 0 Å². The Morgan fingerprint density at radius 1 is 1.04 bits per heavy atom. The molecule has 1 aliphatic rings. The van der Waals surface area contributed by atoms with Crippen LogP contribution in [-0.4, -0.2) is 21.1 Å². The molecule has 0 saturated heterocycles. The molecule has 2 aromatic heterocycles. The molecule has 3 aromatic rings. The van der Waals surface area contributed by atoms with Crippen LogP contribution in [0.3, 0.4) is 0 Å². The first-order valence-corrected chi connectivity index (χ1v) is 8.09. The van der Waals surface area contributed by atoms with Gasteiger partial charge in [-0.1, -0.05) is 30.3 Å². The maximum Gasteiger partial charge on any atom is 0.330 e. The molecule has 0 atom stereocenters. The summed E-state index contributed by atoms with van der Waals surface area (Å²) in [5.74, 6) is 1.42. The van der Waals surface area contributed by atoms with Crippen LogP contribution in [0.15, 0.2) is 62.7 Å². The Morgan fingerprint density at radius 3 is 2.64 bits per heavy atom. The number of anilines is 1. The first-order chi connectivity index (χ1) is 12.2. The Morgan fingerprint density at radius 2 is 1.88 bits per heavy atom. The summed E-state index contributed by atoms with van der Waals surface area (Å²) in [4.78, 5) is 29.0. The van der Waals surface area contributed by atoms with E-state index in [1.54, 1.807) is 10.8 Å². The van der Waals surface area contributed by atoms with Crippen LogP contribution in [0.5, 0.6) is 0 Å². The summed E-state index contributed by atoms with van der Waals surface area (Å²) in [6.07, 6.45) is 1.63.